The Morgan fingerprint density at radius 1 is 0.944 bits per heavy atom. The second-order valence-corrected chi connectivity index (χ2v) is 16.4. The molecule has 1 N–H and O–H groups in total. The summed E-state index contributed by atoms with van der Waals surface area (Å²) in [6.45, 7) is 8.55. The summed E-state index contributed by atoms with van der Waals surface area (Å²) in [5.41, 5.74) is 0.500. The predicted molar refractivity (Wildman–Crippen MR) is 209 cm³/mol. The van der Waals surface area contributed by atoms with Crippen molar-refractivity contribution in [2.45, 2.75) is 82.5 Å². The molecule has 1 unspecified atom stereocenters. The van der Waals surface area contributed by atoms with Crippen molar-refractivity contribution >= 4 is 27.9 Å². The van der Waals surface area contributed by atoms with E-state index < -0.39 is 43.8 Å². The minimum atomic E-state index is -1.67. The van der Waals surface area contributed by atoms with Gasteiger partial charge in [0, 0.05) is 0 Å². The molecule has 5 rings (SSSR count). The molecule has 3 aromatic carbocycles. The van der Waals surface area contributed by atoms with Crippen LogP contribution in [0.1, 0.15) is 63.5 Å². The van der Waals surface area contributed by atoms with Crippen molar-refractivity contribution in [3.05, 3.63) is 123 Å². The Kier molecular flexibility index (Phi) is 14.7. The van der Waals surface area contributed by atoms with Gasteiger partial charge in [-0.25, -0.2) is 0 Å². The van der Waals surface area contributed by atoms with Crippen molar-refractivity contribution in [1.82, 2.24) is 14.2 Å². The summed E-state index contributed by atoms with van der Waals surface area (Å²) < 4.78 is 42.3. The van der Waals surface area contributed by atoms with Crippen molar-refractivity contribution in [3.63, 3.8) is 0 Å². The summed E-state index contributed by atoms with van der Waals surface area (Å²) in [5, 5.41) is 9.31. The van der Waals surface area contributed by atoms with Crippen LogP contribution in [0.4, 0.5) is 0 Å². The van der Waals surface area contributed by atoms with Gasteiger partial charge >= 0.3 is 279 Å². The third-order valence-corrected chi connectivity index (χ3v) is 12.9. The van der Waals surface area contributed by atoms with E-state index in [-0.39, 0.29) is 53.1 Å². The van der Waals surface area contributed by atoms with Crippen molar-refractivity contribution in [3.8, 4) is 17.6 Å². The number of aromatic amines is 1. The molecule has 0 bridgehead atoms. The van der Waals surface area contributed by atoms with Crippen LogP contribution >= 0.6 is 8.53 Å². The molecule has 1 saturated heterocycles. The van der Waals surface area contributed by atoms with E-state index in [0.29, 0.717) is 16.0 Å². The van der Waals surface area contributed by atoms with E-state index >= 15 is 0 Å². The summed E-state index contributed by atoms with van der Waals surface area (Å²) in [5.74, 6) is 3.33. The second kappa shape index (κ2) is 19.2. The monoisotopic (exact) mass is 824 g/mol. The third kappa shape index (κ3) is 9.34. The molecule has 0 radical (unpaired) electrons. The Labute approximate surface area is 324 Å². The van der Waals surface area contributed by atoms with E-state index in [0.717, 1.165) is 16.7 Å². The SMILES string of the molecule is COc1ccc(C(OC[C@H]2O[C@@H](n3cc([Se]C)c(=O)[nH]c3=O)C[C@@H]2OP(OCCC#N)N(C(C)C)C(C)C)(c2ccccc2)c2ccc(OC)cc2)cc1. The quantitative estimate of drug-likeness (QED) is 0.0560. The molecule has 12 nitrogen and oxygen atoms in total. The second-order valence-electron chi connectivity index (χ2n) is 13.2. The van der Waals surface area contributed by atoms with Gasteiger partial charge in [-0.05, 0) is 0 Å². The topological polar surface area (TPSA) is 137 Å². The maximum atomic E-state index is 13.3. The number of aromatic nitrogens is 2. The maximum absolute atomic E-state index is 13.3. The molecule has 0 saturated carbocycles. The summed E-state index contributed by atoms with van der Waals surface area (Å²) in [6.07, 6.45) is 0.0392. The predicted octanol–water partition coefficient (Wildman–Crippen LogP) is 5.89. The van der Waals surface area contributed by atoms with Crippen LogP contribution < -0.4 is 25.2 Å². The summed E-state index contributed by atoms with van der Waals surface area (Å²) in [6, 6.07) is 27.8. The van der Waals surface area contributed by atoms with Crippen molar-refractivity contribution in [1.29, 1.82) is 5.26 Å². The third-order valence-electron chi connectivity index (χ3n) is 9.17. The number of hydrogen-bond donors (Lipinski definition) is 1. The number of nitrogens with zero attached hydrogens (tertiary/aromatic N) is 3. The van der Waals surface area contributed by atoms with E-state index in [1.807, 2.05) is 84.7 Å². The molecule has 1 aliphatic heterocycles. The van der Waals surface area contributed by atoms with E-state index in [4.69, 9.17) is 28.0 Å². The fraction of sp³-hybridized carbons (Fsp3) is 0.425. The molecule has 54 heavy (non-hydrogen) atoms. The van der Waals surface area contributed by atoms with Gasteiger partial charge in [0.05, 0.1) is 14.2 Å². The van der Waals surface area contributed by atoms with Crippen LogP contribution in [0.3, 0.4) is 0 Å². The molecule has 4 aromatic rings. The van der Waals surface area contributed by atoms with E-state index in [1.165, 1.54) is 4.57 Å². The zero-order chi connectivity index (χ0) is 38.8. The molecule has 0 amide bonds. The van der Waals surface area contributed by atoms with Crippen LogP contribution in [0.5, 0.6) is 11.5 Å². The standard InChI is InChI=1S/C40H49N4O8PSe/c1-27(2)44(28(3)4)53(50-23-11-22-41)52-34-24-37(43-25-36(54-7)38(45)42-39(43)46)51-35(34)26-49-40(29-12-9-8-10-13-29,30-14-18-32(47-5)19-15-30)31-16-20-33(48-6)21-17-31/h8-10,12-21,25,27-28,34-35,37H,11,23-24,26H2,1-7H3,(H,42,45,46)/t34-,35+,37+,53?/m0/s1. The van der Waals surface area contributed by atoms with Gasteiger partial charge in [0.15, 0.2) is 0 Å². The first kappa shape index (κ1) is 41.3. The zero-order valence-corrected chi connectivity index (χ0v) is 34.4. The number of hydrogen-bond acceptors (Lipinski definition) is 10. The molecular formula is C40H49N4O8PSe. The molecular weight excluding hydrogens is 774 g/mol. The summed E-state index contributed by atoms with van der Waals surface area (Å²) in [4.78, 5) is 28.3. The van der Waals surface area contributed by atoms with Gasteiger partial charge in [-0.2, -0.15) is 5.26 Å². The van der Waals surface area contributed by atoms with E-state index in [9.17, 15) is 14.9 Å². The van der Waals surface area contributed by atoms with Crippen molar-refractivity contribution < 1.29 is 28.0 Å². The number of rotatable bonds is 18. The Morgan fingerprint density at radius 2 is 1.52 bits per heavy atom. The van der Waals surface area contributed by atoms with E-state index in [2.05, 4.69) is 43.4 Å². The van der Waals surface area contributed by atoms with Gasteiger partial charge < -0.3 is 9.47 Å². The fourth-order valence-corrected chi connectivity index (χ4v) is 9.36. The molecule has 1 aliphatic rings. The van der Waals surface area contributed by atoms with Gasteiger partial charge in [-0.1, -0.05) is 6.07 Å². The first-order valence-electron chi connectivity index (χ1n) is 17.8. The summed E-state index contributed by atoms with van der Waals surface area (Å²) >= 11 is -0.163. The molecule has 2 heterocycles. The average molecular weight is 824 g/mol. The van der Waals surface area contributed by atoms with Crippen molar-refractivity contribution in [2.24, 2.45) is 0 Å². The Balaban J connectivity index is 1.61. The van der Waals surface area contributed by atoms with Crippen LogP contribution in [0.25, 0.3) is 0 Å². The van der Waals surface area contributed by atoms with Crippen LogP contribution in [0.2, 0.25) is 5.82 Å². The number of benzene rings is 3. The van der Waals surface area contributed by atoms with Gasteiger partial charge in [0.1, 0.15) is 11.5 Å². The van der Waals surface area contributed by atoms with Gasteiger partial charge in [-0.3, -0.25) is 0 Å². The van der Waals surface area contributed by atoms with Gasteiger partial charge in [0.25, 0.3) is 0 Å². The molecule has 0 spiro atoms. The van der Waals surface area contributed by atoms with Crippen LogP contribution in [-0.4, -0.2) is 80.9 Å². The fourth-order valence-electron chi connectivity index (χ4n) is 6.65. The number of methoxy groups -OCH3 is 2. The summed E-state index contributed by atoms with van der Waals surface area (Å²) in [7, 11) is 1.59. The van der Waals surface area contributed by atoms with Crippen LogP contribution in [0.15, 0.2) is 94.6 Å². The van der Waals surface area contributed by atoms with Crippen molar-refractivity contribution in [2.75, 3.05) is 27.4 Å². The molecule has 1 aromatic heterocycles. The average Bonchev–Trinajstić information content (AvgIpc) is 3.57. The number of nitrogens with one attached hydrogen (secondary N) is 1. The number of H-pyrrole nitrogens is 1. The first-order chi connectivity index (χ1) is 26.1. The Bertz CT molecular complexity index is 1890. The number of nitriles is 1. The van der Waals surface area contributed by atoms with Gasteiger partial charge in [-0.15, -0.1) is 0 Å². The normalized spacial score (nSPS) is 17.9. The molecule has 4 atom stereocenters. The molecule has 288 valence electrons. The molecule has 1 fully saturated rings. The molecule has 14 heteroatoms. The first-order valence-corrected chi connectivity index (χ1v) is 21.5. The number of ether oxygens (including phenoxy) is 4. The van der Waals surface area contributed by atoms with Crippen LogP contribution in [-0.2, 0) is 24.1 Å². The molecule has 0 aliphatic carbocycles. The van der Waals surface area contributed by atoms with E-state index in [1.54, 1.807) is 20.4 Å². The van der Waals surface area contributed by atoms with Crippen LogP contribution in [0, 0.1) is 11.3 Å². The Morgan fingerprint density at radius 3 is 2.04 bits per heavy atom. The van der Waals surface area contributed by atoms with Gasteiger partial charge in [0.2, 0.25) is 0 Å². The Hall–Kier alpha value is -3.82. The minimum absolute atomic E-state index is 0.0432. The zero-order valence-electron chi connectivity index (χ0n) is 31.8.